The van der Waals surface area contributed by atoms with Crippen LogP contribution in [0, 0.1) is 11.8 Å². The van der Waals surface area contributed by atoms with Gasteiger partial charge in [-0.2, -0.15) is 0 Å². The van der Waals surface area contributed by atoms with Crippen LogP contribution in [0.1, 0.15) is 32.1 Å². The van der Waals surface area contributed by atoms with Gasteiger partial charge in [-0.05, 0) is 44.2 Å². The highest BCUT2D eigenvalue weighted by Crippen LogP contribution is 2.34. The maximum Gasteiger partial charge on any atom is 0.200 e. The van der Waals surface area contributed by atoms with Gasteiger partial charge >= 0.3 is 0 Å². The fraction of sp³-hybridized carbons (Fsp3) is 0.750. The molecule has 1 aliphatic carbocycles. The third-order valence-electron chi connectivity index (χ3n) is 3.48. The Balaban J connectivity index is 2.03. The van der Waals surface area contributed by atoms with Crippen molar-refractivity contribution in [2.75, 3.05) is 13.2 Å². The Bertz CT molecular complexity index is 273. The molecule has 0 radical (unpaired) electrons. The minimum Gasteiger partial charge on any atom is -0.490 e. The average molecular weight is 209 g/mol. The van der Waals surface area contributed by atoms with E-state index in [0.717, 1.165) is 32.1 Å². The first-order valence-electron chi connectivity index (χ1n) is 5.90. The SMILES string of the molecule is NCC1CCCC1C(=O)C1=CCCCO1. The zero-order chi connectivity index (χ0) is 10.7. The molecule has 0 amide bonds. The third-order valence-corrected chi connectivity index (χ3v) is 3.48. The van der Waals surface area contributed by atoms with Crippen LogP contribution in [0.3, 0.4) is 0 Å². The Kier molecular flexibility index (Phi) is 3.41. The van der Waals surface area contributed by atoms with Gasteiger partial charge in [-0.3, -0.25) is 4.79 Å². The molecule has 1 heterocycles. The number of ketones is 1. The van der Waals surface area contributed by atoms with Gasteiger partial charge in [0.2, 0.25) is 0 Å². The second kappa shape index (κ2) is 4.79. The predicted octanol–water partition coefficient (Wildman–Crippen LogP) is 1.62. The Morgan fingerprint density at radius 2 is 2.33 bits per heavy atom. The van der Waals surface area contributed by atoms with Crippen molar-refractivity contribution in [3.63, 3.8) is 0 Å². The van der Waals surface area contributed by atoms with Crippen molar-refractivity contribution in [1.82, 2.24) is 0 Å². The Labute approximate surface area is 90.7 Å². The summed E-state index contributed by atoms with van der Waals surface area (Å²) in [6.07, 6.45) is 7.16. The largest absolute Gasteiger partial charge is 0.490 e. The molecule has 2 N–H and O–H groups in total. The van der Waals surface area contributed by atoms with Crippen molar-refractivity contribution >= 4 is 5.78 Å². The topological polar surface area (TPSA) is 52.3 Å². The van der Waals surface area contributed by atoms with Gasteiger partial charge in [-0.1, -0.05) is 6.42 Å². The van der Waals surface area contributed by atoms with Crippen molar-refractivity contribution in [1.29, 1.82) is 0 Å². The van der Waals surface area contributed by atoms with E-state index in [0.29, 0.717) is 24.8 Å². The molecule has 1 saturated carbocycles. The van der Waals surface area contributed by atoms with Gasteiger partial charge in [-0.25, -0.2) is 0 Å². The zero-order valence-electron chi connectivity index (χ0n) is 9.08. The molecule has 0 aromatic carbocycles. The highest BCUT2D eigenvalue weighted by atomic mass is 16.5. The monoisotopic (exact) mass is 209 g/mol. The van der Waals surface area contributed by atoms with E-state index in [1.807, 2.05) is 6.08 Å². The van der Waals surface area contributed by atoms with Gasteiger partial charge in [0.15, 0.2) is 11.5 Å². The standard InChI is InChI=1S/C12H19NO2/c13-8-9-4-3-5-10(9)12(14)11-6-1-2-7-15-11/h6,9-10H,1-5,7-8,13H2. The molecule has 3 heteroatoms. The number of allylic oxidation sites excluding steroid dienone is 2. The molecule has 1 fully saturated rings. The molecular formula is C12H19NO2. The quantitative estimate of drug-likeness (QED) is 0.768. The average Bonchev–Trinajstić information content (AvgIpc) is 2.77. The van der Waals surface area contributed by atoms with Crippen molar-refractivity contribution in [2.24, 2.45) is 17.6 Å². The number of carbonyl (C=O) groups excluding carboxylic acids is 1. The van der Waals surface area contributed by atoms with Crippen molar-refractivity contribution in [2.45, 2.75) is 32.1 Å². The van der Waals surface area contributed by atoms with Crippen LogP contribution in [-0.2, 0) is 9.53 Å². The van der Waals surface area contributed by atoms with E-state index in [1.165, 1.54) is 0 Å². The number of hydrogen-bond acceptors (Lipinski definition) is 3. The van der Waals surface area contributed by atoms with E-state index in [-0.39, 0.29) is 11.7 Å². The maximum absolute atomic E-state index is 12.1. The van der Waals surface area contributed by atoms with Crippen molar-refractivity contribution < 1.29 is 9.53 Å². The van der Waals surface area contributed by atoms with Crippen LogP contribution in [0.4, 0.5) is 0 Å². The minimum atomic E-state index is 0.124. The van der Waals surface area contributed by atoms with Crippen LogP contribution in [0.25, 0.3) is 0 Å². The smallest absolute Gasteiger partial charge is 0.200 e. The maximum atomic E-state index is 12.1. The Morgan fingerprint density at radius 3 is 3.00 bits per heavy atom. The molecule has 0 bridgehead atoms. The predicted molar refractivity (Wildman–Crippen MR) is 58.2 cm³/mol. The second-order valence-electron chi connectivity index (χ2n) is 4.46. The normalized spacial score (nSPS) is 30.9. The number of Topliss-reactive ketones (excluding diaryl/α,β-unsaturated/α-hetero) is 1. The summed E-state index contributed by atoms with van der Waals surface area (Å²) in [5, 5.41) is 0. The zero-order valence-corrected chi connectivity index (χ0v) is 9.08. The molecule has 0 aromatic heterocycles. The van der Waals surface area contributed by atoms with Gasteiger partial charge in [0.05, 0.1) is 6.61 Å². The van der Waals surface area contributed by atoms with E-state index in [2.05, 4.69) is 0 Å². The van der Waals surface area contributed by atoms with Crippen LogP contribution in [0.2, 0.25) is 0 Å². The lowest BCUT2D eigenvalue weighted by atomic mass is 9.90. The molecule has 84 valence electrons. The molecule has 2 rings (SSSR count). The van der Waals surface area contributed by atoms with Crippen LogP contribution >= 0.6 is 0 Å². The molecule has 2 aliphatic rings. The van der Waals surface area contributed by atoms with E-state index >= 15 is 0 Å². The summed E-state index contributed by atoms with van der Waals surface area (Å²) in [6, 6.07) is 0. The lowest BCUT2D eigenvalue weighted by Gasteiger charge is -2.20. The highest BCUT2D eigenvalue weighted by molar-refractivity contribution is 5.95. The van der Waals surface area contributed by atoms with Crippen LogP contribution < -0.4 is 5.73 Å². The molecule has 0 aromatic rings. The fourth-order valence-corrected chi connectivity index (χ4v) is 2.58. The summed E-state index contributed by atoms with van der Waals surface area (Å²) in [6.45, 7) is 1.32. The molecule has 15 heavy (non-hydrogen) atoms. The van der Waals surface area contributed by atoms with Crippen LogP contribution in [0.5, 0.6) is 0 Å². The Hall–Kier alpha value is -0.830. The number of ether oxygens (including phenoxy) is 1. The van der Waals surface area contributed by atoms with Gasteiger partial charge < -0.3 is 10.5 Å². The van der Waals surface area contributed by atoms with Crippen molar-refractivity contribution in [3.05, 3.63) is 11.8 Å². The van der Waals surface area contributed by atoms with E-state index in [4.69, 9.17) is 10.5 Å². The van der Waals surface area contributed by atoms with E-state index < -0.39 is 0 Å². The summed E-state index contributed by atoms with van der Waals surface area (Å²) >= 11 is 0. The molecule has 2 unspecified atom stereocenters. The van der Waals surface area contributed by atoms with Crippen LogP contribution in [-0.4, -0.2) is 18.9 Å². The second-order valence-corrected chi connectivity index (χ2v) is 4.46. The van der Waals surface area contributed by atoms with Gasteiger partial charge in [0, 0.05) is 5.92 Å². The summed E-state index contributed by atoms with van der Waals surface area (Å²) in [5.74, 6) is 1.30. The fourth-order valence-electron chi connectivity index (χ4n) is 2.58. The van der Waals surface area contributed by atoms with Gasteiger partial charge in [0.25, 0.3) is 0 Å². The molecule has 1 aliphatic heterocycles. The molecule has 0 saturated heterocycles. The highest BCUT2D eigenvalue weighted by Gasteiger charge is 2.34. The van der Waals surface area contributed by atoms with E-state index in [1.54, 1.807) is 0 Å². The first-order valence-corrected chi connectivity index (χ1v) is 5.90. The summed E-state index contributed by atoms with van der Waals surface area (Å²) in [4.78, 5) is 12.1. The first-order chi connectivity index (χ1) is 7.33. The summed E-state index contributed by atoms with van der Waals surface area (Å²) in [5.41, 5.74) is 5.68. The molecule has 2 atom stereocenters. The Morgan fingerprint density at radius 1 is 1.47 bits per heavy atom. The van der Waals surface area contributed by atoms with Gasteiger partial charge in [-0.15, -0.1) is 0 Å². The minimum absolute atomic E-state index is 0.124. The number of carbonyl (C=O) groups is 1. The third kappa shape index (κ3) is 2.23. The molecule has 3 nitrogen and oxygen atoms in total. The molecule has 0 spiro atoms. The van der Waals surface area contributed by atoms with Gasteiger partial charge in [0.1, 0.15) is 0 Å². The van der Waals surface area contributed by atoms with Crippen molar-refractivity contribution in [3.8, 4) is 0 Å². The van der Waals surface area contributed by atoms with Crippen LogP contribution in [0.15, 0.2) is 11.8 Å². The first kappa shape index (κ1) is 10.7. The summed E-state index contributed by atoms with van der Waals surface area (Å²) in [7, 11) is 0. The lowest BCUT2D eigenvalue weighted by molar-refractivity contribution is -0.123. The number of hydrogen-bond donors (Lipinski definition) is 1. The summed E-state index contributed by atoms with van der Waals surface area (Å²) < 4.78 is 5.42. The van der Waals surface area contributed by atoms with E-state index in [9.17, 15) is 4.79 Å². The number of nitrogens with two attached hydrogens (primary N) is 1. The molecular weight excluding hydrogens is 190 g/mol. The lowest BCUT2D eigenvalue weighted by Crippen LogP contribution is -2.27. The number of rotatable bonds is 3.